The van der Waals surface area contributed by atoms with Crippen molar-refractivity contribution in [1.29, 1.82) is 0 Å². The third-order valence-electron chi connectivity index (χ3n) is 2.22. The Morgan fingerprint density at radius 1 is 1.27 bits per heavy atom. The van der Waals surface area contributed by atoms with Crippen molar-refractivity contribution < 1.29 is 0 Å². The molecule has 0 spiro atoms. The van der Waals surface area contributed by atoms with Crippen LogP contribution >= 0.6 is 0 Å². The first-order chi connectivity index (χ1) is 4.89. The molecule has 4 N–H and O–H groups in total. The maximum Gasteiger partial charge on any atom is 0.0491 e. The lowest BCUT2D eigenvalue weighted by atomic mass is 10.2. The molecule has 0 aromatic carbocycles. The van der Waals surface area contributed by atoms with Gasteiger partial charge < -0.3 is 11.5 Å². The zero-order valence-electron chi connectivity index (χ0n) is 8.22. The van der Waals surface area contributed by atoms with E-state index in [0.29, 0.717) is 11.6 Å². The Morgan fingerprint density at radius 2 is 1.73 bits per heavy atom. The molecule has 0 saturated carbocycles. The molecule has 0 saturated heterocycles. The van der Waals surface area contributed by atoms with E-state index in [1.54, 1.807) is 0 Å². The van der Waals surface area contributed by atoms with Crippen molar-refractivity contribution in [1.82, 2.24) is 0 Å². The van der Waals surface area contributed by atoms with Gasteiger partial charge in [-0.15, -0.1) is 0 Å². The van der Waals surface area contributed by atoms with E-state index in [1.807, 2.05) is 0 Å². The van der Waals surface area contributed by atoms with E-state index in [2.05, 4.69) is 26.6 Å². The summed E-state index contributed by atoms with van der Waals surface area (Å²) in [6.07, 6.45) is 1.09. The molecular weight excluding hydrogens is 152 g/mol. The molecule has 0 rings (SSSR count). The minimum atomic E-state index is -1.08. The van der Waals surface area contributed by atoms with Gasteiger partial charge in [0.25, 0.3) is 0 Å². The number of hydrogen-bond acceptors (Lipinski definition) is 2. The van der Waals surface area contributed by atoms with Crippen LogP contribution in [0.4, 0.5) is 0 Å². The summed E-state index contributed by atoms with van der Waals surface area (Å²) in [6.45, 7) is 9.94. The second kappa shape index (κ2) is 4.23. The average Bonchev–Trinajstić information content (AvgIpc) is 1.79. The van der Waals surface area contributed by atoms with Crippen LogP contribution in [-0.2, 0) is 0 Å². The predicted molar refractivity (Wildman–Crippen MR) is 54.4 cm³/mol. The lowest BCUT2D eigenvalue weighted by molar-refractivity contribution is 0.610. The van der Waals surface area contributed by atoms with Crippen molar-refractivity contribution in [2.75, 3.05) is 6.54 Å². The van der Waals surface area contributed by atoms with E-state index < -0.39 is 8.07 Å². The van der Waals surface area contributed by atoms with Crippen molar-refractivity contribution in [3.8, 4) is 0 Å². The summed E-state index contributed by atoms with van der Waals surface area (Å²) in [5.74, 6) is 0. The number of rotatable bonds is 4. The van der Waals surface area contributed by atoms with E-state index in [0.717, 1.165) is 13.0 Å². The highest BCUT2D eigenvalue weighted by molar-refractivity contribution is 6.77. The van der Waals surface area contributed by atoms with Crippen molar-refractivity contribution in [3.63, 3.8) is 0 Å². The monoisotopic (exact) mass is 174 g/mol. The van der Waals surface area contributed by atoms with Gasteiger partial charge in [-0.3, -0.25) is 0 Å². The third-order valence-corrected chi connectivity index (χ3v) is 5.26. The highest BCUT2D eigenvalue weighted by atomic mass is 28.3. The van der Waals surface area contributed by atoms with Crippen LogP contribution in [0.1, 0.15) is 13.3 Å². The van der Waals surface area contributed by atoms with E-state index in [-0.39, 0.29) is 0 Å². The maximum absolute atomic E-state index is 5.89. The lowest BCUT2D eigenvalue weighted by Gasteiger charge is -2.31. The topological polar surface area (TPSA) is 52.0 Å². The Hall–Kier alpha value is 0.137. The van der Waals surface area contributed by atoms with Gasteiger partial charge in [-0.1, -0.05) is 19.6 Å². The van der Waals surface area contributed by atoms with Crippen LogP contribution in [0, 0.1) is 0 Å². The minimum absolute atomic E-state index is 0.310. The Kier molecular flexibility index (Phi) is 4.29. The molecule has 2 nitrogen and oxygen atoms in total. The van der Waals surface area contributed by atoms with Gasteiger partial charge in [0.2, 0.25) is 0 Å². The molecule has 0 amide bonds. The van der Waals surface area contributed by atoms with E-state index >= 15 is 0 Å². The molecule has 0 aliphatic rings. The van der Waals surface area contributed by atoms with Gasteiger partial charge in [0, 0.05) is 14.1 Å². The molecule has 0 aromatic rings. The highest BCUT2D eigenvalue weighted by Gasteiger charge is 2.28. The molecular formula is C8H22N2Si. The van der Waals surface area contributed by atoms with Gasteiger partial charge >= 0.3 is 0 Å². The molecule has 11 heavy (non-hydrogen) atoms. The predicted octanol–water partition coefficient (Wildman–Crippen LogP) is 1.39. The summed E-state index contributed by atoms with van der Waals surface area (Å²) in [5, 5.41) is 0. The second-order valence-corrected chi connectivity index (χ2v) is 9.88. The second-order valence-electron chi connectivity index (χ2n) is 4.41. The molecule has 0 fully saturated rings. The normalized spacial score (nSPS) is 18.0. The Labute approximate surface area is 71.4 Å². The zero-order valence-corrected chi connectivity index (χ0v) is 9.22. The van der Waals surface area contributed by atoms with Crippen LogP contribution in [-0.4, -0.2) is 20.7 Å². The highest BCUT2D eigenvalue weighted by Crippen LogP contribution is 2.27. The van der Waals surface area contributed by atoms with Gasteiger partial charge in [0.05, 0.1) is 0 Å². The van der Waals surface area contributed by atoms with Crippen LogP contribution < -0.4 is 11.5 Å². The molecule has 2 atom stereocenters. The summed E-state index contributed by atoms with van der Waals surface area (Å²) in [5.41, 5.74) is 12.1. The maximum atomic E-state index is 5.89. The zero-order chi connectivity index (χ0) is 9.07. The minimum Gasteiger partial charge on any atom is -0.330 e. The number of nitrogens with two attached hydrogens (primary N) is 2. The van der Waals surface area contributed by atoms with Crippen molar-refractivity contribution in [2.45, 2.75) is 44.6 Å². The fourth-order valence-electron chi connectivity index (χ4n) is 1.66. The summed E-state index contributed by atoms with van der Waals surface area (Å²) >= 11 is 0. The third kappa shape index (κ3) is 3.89. The quantitative estimate of drug-likeness (QED) is 0.633. The van der Waals surface area contributed by atoms with Crippen LogP contribution in [0.15, 0.2) is 0 Å². The first-order valence-corrected chi connectivity index (χ1v) is 7.93. The molecule has 0 radical (unpaired) electrons. The smallest absolute Gasteiger partial charge is 0.0491 e. The van der Waals surface area contributed by atoms with E-state index in [1.165, 1.54) is 0 Å². The molecule has 3 heteroatoms. The number of hydrogen-bond donors (Lipinski definition) is 2. The fourth-order valence-corrected chi connectivity index (χ4v) is 4.27. The molecule has 0 aliphatic carbocycles. The Morgan fingerprint density at radius 3 is 1.82 bits per heavy atom. The summed E-state index contributed by atoms with van der Waals surface area (Å²) in [7, 11) is -1.08. The van der Waals surface area contributed by atoms with Crippen molar-refractivity contribution >= 4 is 8.07 Å². The standard InChI is InChI=1S/C8H22N2Si/c1-7(10)8(5-6-9)11(2,3)4/h7-8H,5-6,9-10H2,1-4H3. The van der Waals surface area contributed by atoms with Crippen LogP contribution in [0.5, 0.6) is 0 Å². The van der Waals surface area contributed by atoms with Gasteiger partial charge in [-0.2, -0.15) is 0 Å². The van der Waals surface area contributed by atoms with Gasteiger partial charge in [-0.05, 0) is 25.4 Å². The first-order valence-electron chi connectivity index (χ1n) is 4.35. The summed E-state index contributed by atoms with van der Waals surface area (Å²) in [4.78, 5) is 0. The fraction of sp³-hybridized carbons (Fsp3) is 1.00. The van der Waals surface area contributed by atoms with Crippen LogP contribution in [0.25, 0.3) is 0 Å². The van der Waals surface area contributed by atoms with Gasteiger partial charge in [0.15, 0.2) is 0 Å². The summed E-state index contributed by atoms with van der Waals surface area (Å²) in [6, 6.07) is 0.310. The first kappa shape index (κ1) is 11.1. The van der Waals surface area contributed by atoms with Gasteiger partial charge in [-0.25, -0.2) is 0 Å². The molecule has 68 valence electrons. The Balaban J connectivity index is 4.10. The Bertz CT molecular complexity index is 107. The van der Waals surface area contributed by atoms with E-state index in [9.17, 15) is 0 Å². The van der Waals surface area contributed by atoms with Crippen molar-refractivity contribution in [3.05, 3.63) is 0 Å². The van der Waals surface area contributed by atoms with E-state index in [4.69, 9.17) is 11.5 Å². The van der Waals surface area contributed by atoms with Gasteiger partial charge in [0.1, 0.15) is 0 Å². The van der Waals surface area contributed by atoms with Crippen molar-refractivity contribution in [2.24, 2.45) is 11.5 Å². The van der Waals surface area contributed by atoms with Crippen LogP contribution in [0.3, 0.4) is 0 Å². The lowest BCUT2D eigenvalue weighted by Crippen LogP contribution is -2.40. The van der Waals surface area contributed by atoms with Crippen LogP contribution in [0.2, 0.25) is 25.2 Å². The molecule has 0 aliphatic heterocycles. The molecule has 2 unspecified atom stereocenters. The molecule has 0 aromatic heterocycles. The molecule has 0 bridgehead atoms. The SMILES string of the molecule is CC(N)C(CCN)[Si](C)(C)C. The largest absolute Gasteiger partial charge is 0.330 e. The average molecular weight is 174 g/mol. The summed E-state index contributed by atoms with van der Waals surface area (Å²) < 4.78 is 0. The molecule has 0 heterocycles.